The summed E-state index contributed by atoms with van der Waals surface area (Å²) in [5.41, 5.74) is 2.14. The molecular weight excluding hydrogens is 278 g/mol. The molecule has 1 heterocycles. The summed E-state index contributed by atoms with van der Waals surface area (Å²) in [6.45, 7) is 7.46. The second-order valence-electron chi connectivity index (χ2n) is 6.20. The van der Waals surface area contributed by atoms with Gasteiger partial charge >= 0.3 is 0 Å². The van der Waals surface area contributed by atoms with Crippen LogP contribution in [0.2, 0.25) is 0 Å². The summed E-state index contributed by atoms with van der Waals surface area (Å²) in [4.78, 5) is 9.11. The largest absolute Gasteiger partial charge is 0.313 e. The predicted octanol–water partition coefficient (Wildman–Crippen LogP) is 4.13. The van der Waals surface area contributed by atoms with Crippen LogP contribution < -0.4 is 5.32 Å². The molecule has 1 aliphatic carbocycles. The highest BCUT2D eigenvalue weighted by atomic mass is 32.2. The van der Waals surface area contributed by atoms with E-state index in [-0.39, 0.29) is 0 Å². The van der Waals surface area contributed by atoms with Crippen molar-refractivity contribution >= 4 is 11.8 Å². The molecule has 3 nitrogen and oxygen atoms in total. The van der Waals surface area contributed by atoms with Gasteiger partial charge in [-0.15, -0.1) is 0 Å². The minimum absolute atomic E-state index is 0.611. The third-order valence-electron chi connectivity index (χ3n) is 4.23. The van der Waals surface area contributed by atoms with Gasteiger partial charge in [0.15, 0.2) is 5.16 Å². The van der Waals surface area contributed by atoms with Crippen LogP contribution in [0.3, 0.4) is 0 Å². The van der Waals surface area contributed by atoms with E-state index in [9.17, 15) is 0 Å². The first-order chi connectivity index (χ1) is 10.2. The van der Waals surface area contributed by atoms with Crippen molar-refractivity contribution in [1.82, 2.24) is 15.3 Å². The van der Waals surface area contributed by atoms with Crippen LogP contribution in [0.25, 0.3) is 0 Å². The first kappa shape index (κ1) is 16.8. The quantitative estimate of drug-likeness (QED) is 0.607. The molecule has 1 aliphatic rings. The number of nitrogens with zero attached hydrogens (tertiary/aromatic N) is 2. The molecule has 1 unspecified atom stereocenters. The van der Waals surface area contributed by atoms with Crippen LogP contribution in [0.15, 0.2) is 11.2 Å². The number of hydrogen-bond donors (Lipinski definition) is 1. The topological polar surface area (TPSA) is 37.8 Å². The molecule has 0 aromatic carbocycles. The molecular formula is C17H29N3S. The zero-order valence-electron chi connectivity index (χ0n) is 13.7. The fourth-order valence-electron chi connectivity index (χ4n) is 3.15. The van der Waals surface area contributed by atoms with E-state index in [0.717, 1.165) is 34.8 Å². The van der Waals surface area contributed by atoms with Crippen molar-refractivity contribution in [2.45, 2.75) is 70.5 Å². The van der Waals surface area contributed by atoms with Crippen molar-refractivity contribution in [3.8, 4) is 0 Å². The summed E-state index contributed by atoms with van der Waals surface area (Å²) in [5.74, 6) is 1.93. The van der Waals surface area contributed by atoms with Crippen LogP contribution in [0.1, 0.15) is 56.8 Å². The van der Waals surface area contributed by atoms with Gasteiger partial charge in [-0.1, -0.05) is 37.9 Å². The molecule has 0 amide bonds. The van der Waals surface area contributed by atoms with E-state index >= 15 is 0 Å². The third kappa shape index (κ3) is 5.59. The van der Waals surface area contributed by atoms with E-state index in [1.54, 1.807) is 0 Å². The van der Waals surface area contributed by atoms with E-state index in [0.29, 0.717) is 6.04 Å². The Balaban J connectivity index is 1.93. The van der Waals surface area contributed by atoms with Crippen LogP contribution in [0, 0.1) is 19.8 Å². The number of nitrogens with one attached hydrogen (secondary N) is 1. The van der Waals surface area contributed by atoms with E-state index in [4.69, 9.17) is 0 Å². The van der Waals surface area contributed by atoms with Crippen LogP contribution >= 0.6 is 11.8 Å². The summed E-state index contributed by atoms with van der Waals surface area (Å²) < 4.78 is 0. The van der Waals surface area contributed by atoms with Gasteiger partial charge in [-0.25, -0.2) is 9.97 Å². The standard InChI is InChI=1S/C17H29N3S/c1-4-10-18-16(15-8-6-5-7-9-15)12-21-17-19-13(2)11-14(3)20-17/h11,15-16,18H,4-10,12H2,1-3H3. The maximum Gasteiger partial charge on any atom is 0.188 e. The lowest BCUT2D eigenvalue weighted by Crippen LogP contribution is -2.39. The smallest absolute Gasteiger partial charge is 0.188 e. The molecule has 1 fully saturated rings. The zero-order chi connectivity index (χ0) is 15.1. The molecule has 1 atom stereocenters. The zero-order valence-corrected chi connectivity index (χ0v) is 14.5. The molecule has 0 saturated heterocycles. The highest BCUT2D eigenvalue weighted by Crippen LogP contribution is 2.29. The van der Waals surface area contributed by atoms with Crippen LogP contribution in [-0.4, -0.2) is 28.3 Å². The first-order valence-corrected chi connectivity index (χ1v) is 9.36. The summed E-state index contributed by atoms with van der Waals surface area (Å²) in [6.07, 6.45) is 8.20. The summed E-state index contributed by atoms with van der Waals surface area (Å²) in [6, 6.07) is 2.65. The molecule has 1 N–H and O–H groups in total. The fourth-order valence-corrected chi connectivity index (χ4v) is 4.29. The Labute approximate surface area is 133 Å². The second kappa shape index (κ2) is 8.74. The fraction of sp³-hybridized carbons (Fsp3) is 0.765. The van der Waals surface area contributed by atoms with Gasteiger partial charge in [0.2, 0.25) is 0 Å². The number of thioether (sulfide) groups is 1. The molecule has 2 rings (SSSR count). The van der Waals surface area contributed by atoms with Gasteiger partial charge < -0.3 is 5.32 Å². The van der Waals surface area contributed by atoms with Gasteiger partial charge in [-0.2, -0.15) is 0 Å². The van der Waals surface area contributed by atoms with Gasteiger partial charge in [0, 0.05) is 23.2 Å². The summed E-state index contributed by atoms with van der Waals surface area (Å²) in [7, 11) is 0. The molecule has 4 heteroatoms. The maximum atomic E-state index is 4.56. The second-order valence-corrected chi connectivity index (χ2v) is 7.19. The van der Waals surface area contributed by atoms with Crippen LogP contribution in [0.4, 0.5) is 0 Å². The average Bonchev–Trinajstić information content (AvgIpc) is 2.47. The molecule has 0 radical (unpaired) electrons. The number of aryl methyl sites for hydroxylation is 2. The van der Waals surface area contributed by atoms with E-state index in [1.807, 2.05) is 31.7 Å². The Morgan fingerprint density at radius 2 is 1.86 bits per heavy atom. The van der Waals surface area contributed by atoms with Gasteiger partial charge in [-0.3, -0.25) is 0 Å². The van der Waals surface area contributed by atoms with E-state index in [2.05, 4.69) is 22.2 Å². The lowest BCUT2D eigenvalue weighted by Gasteiger charge is -2.30. The van der Waals surface area contributed by atoms with Crippen molar-refractivity contribution in [3.63, 3.8) is 0 Å². The van der Waals surface area contributed by atoms with Gasteiger partial charge in [0.05, 0.1) is 0 Å². The van der Waals surface area contributed by atoms with Crippen LogP contribution in [-0.2, 0) is 0 Å². The Morgan fingerprint density at radius 3 is 2.48 bits per heavy atom. The van der Waals surface area contributed by atoms with Gasteiger partial charge in [0.1, 0.15) is 0 Å². The van der Waals surface area contributed by atoms with E-state index in [1.165, 1.54) is 38.5 Å². The van der Waals surface area contributed by atoms with Crippen molar-refractivity contribution in [1.29, 1.82) is 0 Å². The summed E-state index contributed by atoms with van der Waals surface area (Å²) >= 11 is 1.82. The normalized spacial score (nSPS) is 17.9. The van der Waals surface area contributed by atoms with Crippen molar-refractivity contribution < 1.29 is 0 Å². The summed E-state index contributed by atoms with van der Waals surface area (Å²) in [5, 5.41) is 4.70. The molecule has 1 aromatic heterocycles. The average molecular weight is 308 g/mol. The minimum atomic E-state index is 0.611. The van der Waals surface area contributed by atoms with Crippen LogP contribution in [0.5, 0.6) is 0 Å². The third-order valence-corrected chi connectivity index (χ3v) is 5.20. The SMILES string of the molecule is CCCNC(CSc1nc(C)cc(C)n1)C1CCCCC1. The Hall–Kier alpha value is -0.610. The molecule has 1 aromatic rings. The molecule has 0 spiro atoms. The lowest BCUT2D eigenvalue weighted by molar-refractivity contribution is 0.285. The Bertz CT molecular complexity index is 410. The number of rotatable bonds is 7. The molecule has 0 bridgehead atoms. The monoisotopic (exact) mass is 307 g/mol. The predicted molar refractivity (Wildman–Crippen MR) is 90.9 cm³/mol. The Morgan fingerprint density at radius 1 is 1.19 bits per heavy atom. The lowest BCUT2D eigenvalue weighted by atomic mass is 9.84. The van der Waals surface area contributed by atoms with Crippen molar-refractivity contribution in [2.75, 3.05) is 12.3 Å². The maximum absolute atomic E-state index is 4.56. The first-order valence-electron chi connectivity index (χ1n) is 8.37. The Kier molecular flexibility index (Phi) is 6.97. The molecule has 118 valence electrons. The highest BCUT2D eigenvalue weighted by Gasteiger charge is 2.23. The number of hydrogen-bond acceptors (Lipinski definition) is 4. The van der Waals surface area contributed by atoms with Gasteiger partial charge in [0.25, 0.3) is 0 Å². The van der Waals surface area contributed by atoms with E-state index < -0.39 is 0 Å². The molecule has 1 saturated carbocycles. The highest BCUT2D eigenvalue weighted by molar-refractivity contribution is 7.99. The van der Waals surface area contributed by atoms with Crippen molar-refractivity contribution in [3.05, 3.63) is 17.5 Å². The van der Waals surface area contributed by atoms with Crippen molar-refractivity contribution in [2.24, 2.45) is 5.92 Å². The number of aromatic nitrogens is 2. The molecule has 0 aliphatic heterocycles. The minimum Gasteiger partial charge on any atom is -0.313 e. The molecule has 21 heavy (non-hydrogen) atoms. The van der Waals surface area contributed by atoms with Gasteiger partial charge in [-0.05, 0) is 51.6 Å².